The van der Waals surface area contributed by atoms with Crippen molar-refractivity contribution in [2.45, 2.75) is 0 Å². The Morgan fingerprint density at radius 1 is 1.10 bits per heavy atom. The molecule has 2 aromatic rings. The van der Waals surface area contributed by atoms with E-state index < -0.39 is 0 Å². The molecule has 0 aromatic heterocycles. The summed E-state index contributed by atoms with van der Waals surface area (Å²) in [5.74, 6) is 0. The molecule has 108 valence electrons. The van der Waals surface area contributed by atoms with Gasteiger partial charge in [0.05, 0.1) is 17.1 Å². The lowest BCUT2D eigenvalue weighted by Crippen LogP contribution is -2.28. The molecule has 0 saturated carbocycles. The van der Waals surface area contributed by atoms with Crippen LogP contribution in [0.3, 0.4) is 0 Å². The molecular formula is C17H18ClN3. The monoisotopic (exact) mass is 299 g/mol. The van der Waals surface area contributed by atoms with Crippen LogP contribution in [-0.2, 0) is 0 Å². The van der Waals surface area contributed by atoms with Crippen molar-refractivity contribution in [3.8, 4) is 0 Å². The van der Waals surface area contributed by atoms with Gasteiger partial charge in [-0.2, -0.15) is 0 Å². The standard InChI is InChI=1S/C17H18ClN3/c1-20(2)9-10-21-16-6-4-3-5-13(16)12-19-15-8-7-14(18)11-17(15)21/h3-8,11-12H,9-10H2,1-2H3. The van der Waals surface area contributed by atoms with Gasteiger partial charge in [-0.25, -0.2) is 0 Å². The van der Waals surface area contributed by atoms with Crippen molar-refractivity contribution in [3.05, 3.63) is 53.1 Å². The number of benzene rings is 2. The molecule has 4 heteroatoms. The highest BCUT2D eigenvalue weighted by Gasteiger charge is 2.18. The van der Waals surface area contributed by atoms with Crippen molar-refractivity contribution in [2.24, 2.45) is 4.99 Å². The molecule has 0 spiro atoms. The zero-order valence-electron chi connectivity index (χ0n) is 12.3. The summed E-state index contributed by atoms with van der Waals surface area (Å²) in [6.07, 6.45) is 1.93. The summed E-state index contributed by atoms with van der Waals surface area (Å²) >= 11 is 6.20. The van der Waals surface area contributed by atoms with E-state index in [1.807, 2.05) is 30.5 Å². The van der Waals surface area contributed by atoms with E-state index in [2.05, 4.69) is 47.1 Å². The maximum Gasteiger partial charge on any atom is 0.0867 e. The minimum atomic E-state index is 0.734. The van der Waals surface area contributed by atoms with Crippen LogP contribution in [0.5, 0.6) is 0 Å². The Kier molecular flexibility index (Phi) is 3.95. The highest BCUT2D eigenvalue weighted by molar-refractivity contribution is 6.31. The molecule has 21 heavy (non-hydrogen) atoms. The molecule has 0 bridgehead atoms. The summed E-state index contributed by atoms with van der Waals surface area (Å²) in [7, 11) is 4.16. The molecule has 0 unspecified atom stereocenters. The number of para-hydroxylation sites is 1. The topological polar surface area (TPSA) is 18.8 Å². The van der Waals surface area contributed by atoms with E-state index in [0.717, 1.165) is 35.1 Å². The van der Waals surface area contributed by atoms with E-state index in [1.54, 1.807) is 0 Å². The number of fused-ring (bicyclic) bond motifs is 2. The van der Waals surface area contributed by atoms with E-state index in [0.29, 0.717) is 0 Å². The Labute approximate surface area is 130 Å². The smallest absolute Gasteiger partial charge is 0.0867 e. The molecule has 0 fully saturated rings. The fourth-order valence-electron chi connectivity index (χ4n) is 2.47. The summed E-state index contributed by atoms with van der Waals surface area (Å²) < 4.78 is 0. The van der Waals surface area contributed by atoms with Gasteiger partial charge in [-0.3, -0.25) is 4.99 Å². The first-order valence-electron chi connectivity index (χ1n) is 7.00. The molecule has 0 amide bonds. The fourth-order valence-corrected chi connectivity index (χ4v) is 2.64. The van der Waals surface area contributed by atoms with Crippen molar-refractivity contribution in [3.63, 3.8) is 0 Å². The zero-order valence-corrected chi connectivity index (χ0v) is 13.0. The fraction of sp³-hybridized carbons (Fsp3) is 0.235. The Morgan fingerprint density at radius 2 is 1.90 bits per heavy atom. The summed E-state index contributed by atoms with van der Waals surface area (Å²) in [6, 6.07) is 14.2. The lowest BCUT2D eigenvalue weighted by atomic mass is 10.1. The Morgan fingerprint density at radius 3 is 2.71 bits per heavy atom. The van der Waals surface area contributed by atoms with E-state index in [4.69, 9.17) is 11.6 Å². The van der Waals surface area contributed by atoms with Gasteiger partial charge in [-0.15, -0.1) is 0 Å². The van der Waals surface area contributed by atoms with Gasteiger partial charge < -0.3 is 9.80 Å². The first-order valence-corrected chi connectivity index (χ1v) is 7.38. The molecule has 0 radical (unpaired) electrons. The molecule has 3 rings (SSSR count). The van der Waals surface area contributed by atoms with E-state index in [9.17, 15) is 0 Å². The van der Waals surface area contributed by atoms with Gasteiger partial charge in [0.1, 0.15) is 0 Å². The summed E-state index contributed by atoms with van der Waals surface area (Å²) in [5.41, 5.74) is 4.31. The van der Waals surface area contributed by atoms with E-state index >= 15 is 0 Å². The molecule has 0 atom stereocenters. The third-order valence-corrected chi connectivity index (χ3v) is 3.80. The van der Waals surface area contributed by atoms with Crippen molar-refractivity contribution in [2.75, 3.05) is 32.1 Å². The van der Waals surface area contributed by atoms with Crippen molar-refractivity contribution >= 4 is 34.9 Å². The number of likely N-dealkylation sites (N-methyl/N-ethyl adjacent to an activating group) is 1. The average Bonchev–Trinajstić information content (AvgIpc) is 2.62. The second-order valence-corrected chi connectivity index (χ2v) is 5.84. The predicted molar refractivity (Wildman–Crippen MR) is 90.7 cm³/mol. The third kappa shape index (κ3) is 2.94. The van der Waals surface area contributed by atoms with Gasteiger partial charge in [0.15, 0.2) is 0 Å². The number of hydrogen-bond acceptors (Lipinski definition) is 3. The number of anilines is 2. The van der Waals surface area contributed by atoms with Crippen molar-refractivity contribution in [1.29, 1.82) is 0 Å². The van der Waals surface area contributed by atoms with Gasteiger partial charge in [-0.1, -0.05) is 29.8 Å². The first-order chi connectivity index (χ1) is 10.1. The number of hydrogen-bond donors (Lipinski definition) is 0. The maximum absolute atomic E-state index is 6.20. The van der Waals surface area contributed by atoms with E-state index in [-0.39, 0.29) is 0 Å². The molecular weight excluding hydrogens is 282 g/mol. The first kappa shape index (κ1) is 14.1. The van der Waals surface area contributed by atoms with Crippen LogP contribution in [-0.4, -0.2) is 38.3 Å². The summed E-state index contributed by atoms with van der Waals surface area (Å²) in [6.45, 7) is 1.85. The van der Waals surface area contributed by atoms with Crippen LogP contribution in [0.2, 0.25) is 5.02 Å². The van der Waals surface area contributed by atoms with Crippen LogP contribution in [0.15, 0.2) is 47.5 Å². The molecule has 1 aliphatic rings. The van der Waals surface area contributed by atoms with Gasteiger partial charge >= 0.3 is 0 Å². The van der Waals surface area contributed by atoms with Crippen LogP contribution in [0.1, 0.15) is 5.56 Å². The molecule has 2 aromatic carbocycles. The van der Waals surface area contributed by atoms with Gasteiger partial charge in [0, 0.05) is 29.9 Å². The largest absolute Gasteiger partial charge is 0.338 e. The molecule has 0 aliphatic carbocycles. The number of halogens is 1. The minimum absolute atomic E-state index is 0.734. The molecule has 1 heterocycles. The molecule has 1 aliphatic heterocycles. The highest BCUT2D eigenvalue weighted by atomic mass is 35.5. The lowest BCUT2D eigenvalue weighted by molar-refractivity contribution is 0.419. The van der Waals surface area contributed by atoms with Crippen LogP contribution in [0.25, 0.3) is 0 Å². The molecule has 0 saturated heterocycles. The Bertz CT molecular complexity index is 679. The second kappa shape index (κ2) is 5.88. The highest BCUT2D eigenvalue weighted by Crippen LogP contribution is 2.39. The average molecular weight is 300 g/mol. The van der Waals surface area contributed by atoms with Crippen LogP contribution in [0, 0.1) is 0 Å². The number of rotatable bonds is 3. The van der Waals surface area contributed by atoms with E-state index in [1.165, 1.54) is 5.69 Å². The zero-order chi connectivity index (χ0) is 14.8. The SMILES string of the molecule is CN(C)CCN1c2ccccc2C=Nc2ccc(Cl)cc21. The van der Waals surface area contributed by atoms with Gasteiger partial charge in [0.2, 0.25) is 0 Å². The Balaban J connectivity index is 2.11. The van der Waals surface area contributed by atoms with Crippen LogP contribution in [0.4, 0.5) is 17.1 Å². The van der Waals surface area contributed by atoms with Crippen LogP contribution < -0.4 is 4.90 Å². The van der Waals surface area contributed by atoms with Crippen molar-refractivity contribution in [1.82, 2.24) is 4.90 Å². The van der Waals surface area contributed by atoms with Crippen molar-refractivity contribution < 1.29 is 0 Å². The van der Waals surface area contributed by atoms with Gasteiger partial charge in [-0.05, 0) is 38.4 Å². The summed E-state index contributed by atoms with van der Waals surface area (Å²) in [4.78, 5) is 9.08. The minimum Gasteiger partial charge on any atom is -0.338 e. The second-order valence-electron chi connectivity index (χ2n) is 5.40. The molecule has 3 nitrogen and oxygen atoms in total. The lowest BCUT2D eigenvalue weighted by Gasteiger charge is -2.27. The third-order valence-electron chi connectivity index (χ3n) is 3.57. The normalized spacial score (nSPS) is 13.0. The predicted octanol–water partition coefficient (Wildman–Crippen LogP) is 4.10. The number of aliphatic imine (C=N–C) groups is 1. The summed E-state index contributed by atoms with van der Waals surface area (Å²) in [5, 5.41) is 0.734. The van der Waals surface area contributed by atoms with Crippen LogP contribution >= 0.6 is 11.6 Å². The Hall–Kier alpha value is -1.84. The van der Waals surface area contributed by atoms with Gasteiger partial charge in [0.25, 0.3) is 0 Å². The number of nitrogens with zero attached hydrogens (tertiary/aromatic N) is 3. The quantitative estimate of drug-likeness (QED) is 0.849. The maximum atomic E-state index is 6.20. The molecule has 0 N–H and O–H groups in total.